The fraction of sp³-hybridized carbons (Fsp3) is 0.364. The molecule has 3 rings (SSSR count). The zero-order valence-corrected chi connectivity index (χ0v) is 14.0. The molecule has 23 heavy (non-hydrogen) atoms. The highest BCUT2D eigenvalue weighted by Crippen LogP contribution is 2.30. The molecule has 0 aliphatic heterocycles. The predicted molar refractivity (Wildman–Crippen MR) is 97.7 cm³/mol. The Balaban J connectivity index is 1.86. The van der Waals surface area contributed by atoms with Crippen LogP contribution < -0.4 is 4.74 Å². The zero-order valence-electron chi connectivity index (χ0n) is 14.0. The minimum atomic E-state index is 0.740. The van der Waals surface area contributed by atoms with Crippen LogP contribution >= 0.6 is 0 Å². The number of methoxy groups -OCH3 is 1. The van der Waals surface area contributed by atoms with Gasteiger partial charge in [-0.1, -0.05) is 67.8 Å². The Morgan fingerprint density at radius 2 is 1.65 bits per heavy atom. The number of hydrogen-bond acceptors (Lipinski definition) is 1. The maximum absolute atomic E-state index is 5.30. The van der Waals surface area contributed by atoms with E-state index in [0.717, 1.165) is 18.1 Å². The van der Waals surface area contributed by atoms with Crippen molar-refractivity contribution in [3.05, 3.63) is 71.8 Å². The van der Waals surface area contributed by atoms with E-state index < -0.39 is 0 Å². The van der Waals surface area contributed by atoms with Crippen LogP contribution in [0.15, 0.2) is 60.7 Å². The van der Waals surface area contributed by atoms with Crippen LogP contribution in [0.25, 0.3) is 5.57 Å². The minimum Gasteiger partial charge on any atom is -0.497 e. The monoisotopic (exact) mass is 306 g/mol. The molecule has 0 aromatic heterocycles. The van der Waals surface area contributed by atoms with Crippen LogP contribution in [0.4, 0.5) is 0 Å². The first-order chi connectivity index (χ1) is 11.3. The molecular formula is C22H26O. The molecule has 1 fully saturated rings. The molecule has 1 aliphatic rings. The first kappa shape index (κ1) is 15.9. The van der Waals surface area contributed by atoms with Gasteiger partial charge in [0.15, 0.2) is 0 Å². The third-order valence-corrected chi connectivity index (χ3v) is 4.78. The lowest BCUT2D eigenvalue weighted by atomic mass is 9.85. The molecule has 0 N–H and O–H groups in total. The van der Waals surface area contributed by atoms with Crippen LogP contribution in [0.1, 0.15) is 43.2 Å². The summed E-state index contributed by atoms with van der Waals surface area (Å²) in [4.78, 5) is 0. The van der Waals surface area contributed by atoms with Crippen molar-refractivity contribution in [2.75, 3.05) is 7.11 Å². The van der Waals surface area contributed by atoms with E-state index >= 15 is 0 Å². The van der Waals surface area contributed by atoms with Crippen molar-refractivity contribution in [2.24, 2.45) is 5.92 Å². The van der Waals surface area contributed by atoms with E-state index in [1.54, 1.807) is 7.11 Å². The summed E-state index contributed by atoms with van der Waals surface area (Å²) in [5.41, 5.74) is 4.15. The van der Waals surface area contributed by atoms with Gasteiger partial charge in [-0.05, 0) is 54.0 Å². The van der Waals surface area contributed by atoms with E-state index in [9.17, 15) is 0 Å². The van der Waals surface area contributed by atoms with Crippen LogP contribution in [0.5, 0.6) is 5.75 Å². The van der Waals surface area contributed by atoms with E-state index in [1.807, 2.05) is 0 Å². The molecule has 0 unspecified atom stereocenters. The Morgan fingerprint density at radius 1 is 0.957 bits per heavy atom. The fourth-order valence-corrected chi connectivity index (χ4v) is 3.46. The number of benzene rings is 2. The summed E-state index contributed by atoms with van der Waals surface area (Å²) in [6, 6.07) is 19.3. The predicted octanol–water partition coefficient (Wildman–Crippen LogP) is 5.90. The van der Waals surface area contributed by atoms with Crippen LogP contribution in [0, 0.1) is 5.92 Å². The van der Waals surface area contributed by atoms with Crippen molar-refractivity contribution in [2.45, 2.75) is 38.5 Å². The molecule has 120 valence electrons. The highest BCUT2D eigenvalue weighted by Gasteiger charge is 2.13. The lowest BCUT2D eigenvalue weighted by Gasteiger charge is -2.20. The Bertz CT molecular complexity index is 619. The lowest BCUT2D eigenvalue weighted by Crippen LogP contribution is -2.04. The molecule has 1 nitrogen and oxygen atoms in total. The van der Waals surface area contributed by atoms with Crippen molar-refractivity contribution < 1.29 is 4.74 Å². The quantitative estimate of drug-likeness (QED) is 0.668. The summed E-state index contributed by atoms with van der Waals surface area (Å²) in [7, 11) is 1.72. The van der Waals surface area contributed by atoms with Crippen molar-refractivity contribution >= 4 is 5.57 Å². The van der Waals surface area contributed by atoms with Crippen LogP contribution in [0.3, 0.4) is 0 Å². The van der Waals surface area contributed by atoms with Crippen molar-refractivity contribution in [1.82, 2.24) is 0 Å². The van der Waals surface area contributed by atoms with Gasteiger partial charge in [-0.15, -0.1) is 0 Å². The molecule has 0 amide bonds. The third-order valence-electron chi connectivity index (χ3n) is 4.78. The van der Waals surface area contributed by atoms with E-state index in [1.165, 1.54) is 48.8 Å². The van der Waals surface area contributed by atoms with Gasteiger partial charge in [0, 0.05) is 0 Å². The fourth-order valence-electron chi connectivity index (χ4n) is 3.46. The van der Waals surface area contributed by atoms with Gasteiger partial charge >= 0.3 is 0 Å². The average molecular weight is 306 g/mol. The molecular weight excluding hydrogens is 280 g/mol. The second kappa shape index (κ2) is 8.01. The van der Waals surface area contributed by atoms with Gasteiger partial charge in [-0.2, -0.15) is 0 Å². The maximum atomic E-state index is 5.30. The molecule has 0 bridgehead atoms. The summed E-state index contributed by atoms with van der Waals surface area (Å²) >= 11 is 0. The minimum absolute atomic E-state index is 0.740. The molecule has 0 spiro atoms. The van der Waals surface area contributed by atoms with E-state index in [4.69, 9.17) is 4.74 Å². The molecule has 1 aliphatic carbocycles. The molecule has 1 saturated carbocycles. The Morgan fingerprint density at radius 3 is 2.30 bits per heavy atom. The van der Waals surface area contributed by atoms with E-state index in [2.05, 4.69) is 60.7 Å². The molecule has 2 aromatic carbocycles. The molecule has 0 heterocycles. The first-order valence-corrected chi connectivity index (χ1v) is 8.74. The van der Waals surface area contributed by atoms with Gasteiger partial charge in [-0.25, -0.2) is 0 Å². The summed E-state index contributed by atoms with van der Waals surface area (Å²) in [6.07, 6.45) is 10.4. The topological polar surface area (TPSA) is 9.23 Å². The smallest absolute Gasteiger partial charge is 0.118 e. The maximum Gasteiger partial charge on any atom is 0.118 e. The van der Waals surface area contributed by atoms with Gasteiger partial charge in [0.25, 0.3) is 0 Å². The summed E-state index contributed by atoms with van der Waals surface area (Å²) in [5.74, 6) is 1.66. The molecule has 0 saturated heterocycles. The summed E-state index contributed by atoms with van der Waals surface area (Å²) < 4.78 is 5.30. The van der Waals surface area contributed by atoms with Crippen molar-refractivity contribution in [1.29, 1.82) is 0 Å². The van der Waals surface area contributed by atoms with Crippen LogP contribution in [-0.4, -0.2) is 7.11 Å². The highest BCUT2D eigenvalue weighted by atomic mass is 16.5. The van der Waals surface area contributed by atoms with Gasteiger partial charge in [0.05, 0.1) is 7.11 Å². The third kappa shape index (κ3) is 4.48. The summed E-state index contributed by atoms with van der Waals surface area (Å²) in [5, 5.41) is 0. The summed E-state index contributed by atoms with van der Waals surface area (Å²) in [6.45, 7) is 0. The highest BCUT2D eigenvalue weighted by molar-refractivity contribution is 5.68. The molecule has 0 radical (unpaired) electrons. The average Bonchev–Trinajstić information content (AvgIpc) is 2.63. The van der Waals surface area contributed by atoms with Crippen LogP contribution in [0.2, 0.25) is 0 Å². The Kier molecular flexibility index (Phi) is 5.52. The number of rotatable bonds is 5. The second-order valence-electron chi connectivity index (χ2n) is 6.48. The molecule has 2 aromatic rings. The standard InChI is InChI=1S/C22H26O/c1-23-22-14-12-20(13-15-22)21(16-18-8-4-2-5-9-18)17-19-10-6-3-7-11-19/h2,4-5,8-9,12-15,17,19H,3,6-7,10-11,16H2,1H3/b21-17+. The number of allylic oxidation sites excluding steroid dienone is 2. The van der Waals surface area contributed by atoms with Crippen LogP contribution in [-0.2, 0) is 6.42 Å². The van der Waals surface area contributed by atoms with Crippen molar-refractivity contribution in [3.8, 4) is 5.75 Å². The van der Waals surface area contributed by atoms with E-state index in [0.29, 0.717) is 0 Å². The SMILES string of the molecule is COc1ccc(/C(=C/C2CCCCC2)Cc2ccccc2)cc1. The normalized spacial score (nSPS) is 16.3. The van der Waals surface area contributed by atoms with Crippen molar-refractivity contribution in [3.63, 3.8) is 0 Å². The Hall–Kier alpha value is -2.02. The molecule has 1 heteroatoms. The van der Waals surface area contributed by atoms with E-state index in [-0.39, 0.29) is 0 Å². The molecule has 0 atom stereocenters. The lowest BCUT2D eigenvalue weighted by molar-refractivity contribution is 0.414. The van der Waals surface area contributed by atoms with Gasteiger partial charge in [0.2, 0.25) is 0 Å². The number of ether oxygens (including phenoxy) is 1. The second-order valence-corrected chi connectivity index (χ2v) is 6.48. The first-order valence-electron chi connectivity index (χ1n) is 8.74. The largest absolute Gasteiger partial charge is 0.497 e. The zero-order chi connectivity index (χ0) is 15.9. The number of hydrogen-bond donors (Lipinski definition) is 0. The van der Waals surface area contributed by atoms with Gasteiger partial charge in [0.1, 0.15) is 5.75 Å². The van der Waals surface area contributed by atoms with Gasteiger partial charge in [-0.3, -0.25) is 0 Å². The van der Waals surface area contributed by atoms with Gasteiger partial charge < -0.3 is 4.74 Å². The Labute approximate surface area is 140 Å².